The van der Waals surface area contributed by atoms with Crippen molar-refractivity contribution in [1.82, 2.24) is 9.97 Å². The summed E-state index contributed by atoms with van der Waals surface area (Å²) in [6, 6.07) is 13.8. The number of rotatable bonds is 4. The van der Waals surface area contributed by atoms with Gasteiger partial charge in [-0.25, -0.2) is 4.98 Å². The molecule has 0 aliphatic carbocycles. The van der Waals surface area contributed by atoms with E-state index in [1.165, 1.54) is 5.56 Å². The largest absolute Gasteiger partial charge is 0.497 e. The lowest BCUT2D eigenvalue weighted by Gasteiger charge is -2.01. The first-order valence-corrected chi connectivity index (χ1v) is 7.24. The van der Waals surface area contributed by atoms with Crippen molar-refractivity contribution in [2.75, 3.05) is 12.8 Å². The first-order valence-electron chi connectivity index (χ1n) is 6.25. The summed E-state index contributed by atoms with van der Waals surface area (Å²) in [5.41, 5.74) is 9.65. The van der Waals surface area contributed by atoms with Crippen molar-refractivity contribution in [3.63, 3.8) is 0 Å². The summed E-state index contributed by atoms with van der Waals surface area (Å²) in [5.74, 6) is 1.73. The molecule has 0 unspecified atom stereocenters. The number of nitrogen functional groups attached to an aromatic ring is 1. The zero-order valence-corrected chi connectivity index (χ0v) is 11.9. The fourth-order valence-electron chi connectivity index (χ4n) is 1.95. The number of aromatic nitrogens is 2. The van der Waals surface area contributed by atoms with Crippen LogP contribution in [0, 0.1) is 0 Å². The third-order valence-corrected chi connectivity index (χ3v) is 3.96. The summed E-state index contributed by atoms with van der Waals surface area (Å²) in [4.78, 5) is 7.81. The molecule has 0 amide bonds. The van der Waals surface area contributed by atoms with Crippen LogP contribution < -0.4 is 10.5 Å². The van der Waals surface area contributed by atoms with E-state index in [0.29, 0.717) is 0 Å². The summed E-state index contributed by atoms with van der Waals surface area (Å²) in [7, 11) is 1.67. The lowest BCUT2D eigenvalue weighted by molar-refractivity contribution is 0.414. The van der Waals surface area contributed by atoms with Crippen LogP contribution in [0.25, 0.3) is 11.0 Å². The van der Waals surface area contributed by atoms with Gasteiger partial charge in [-0.05, 0) is 35.9 Å². The molecular formula is C15H15N3OS. The van der Waals surface area contributed by atoms with E-state index in [-0.39, 0.29) is 0 Å². The maximum Gasteiger partial charge on any atom is 0.166 e. The van der Waals surface area contributed by atoms with Gasteiger partial charge in [-0.3, -0.25) is 0 Å². The van der Waals surface area contributed by atoms with E-state index in [0.717, 1.165) is 33.4 Å². The number of methoxy groups -OCH3 is 1. The van der Waals surface area contributed by atoms with E-state index in [4.69, 9.17) is 10.5 Å². The second-order valence-corrected chi connectivity index (χ2v) is 5.42. The average Bonchev–Trinajstić information content (AvgIpc) is 2.87. The number of hydrogen-bond acceptors (Lipinski definition) is 4. The number of imidazole rings is 1. The third-order valence-electron chi connectivity index (χ3n) is 3.02. The summed E-state index contributed by atoms with van der Waals surface area (Å²) in [5, 5.41) is 0.904. The van der Waals surface area contributed by atoms with Crippen molar-refractivity contribution in [1.29, 1.82) is 0 Å². The van der Waals surface area contributed by atoms with Gasteiger partial charge < -0.3 is 15.5 Å². The first kappa shape index (κ1) is 12.9. The summed E-state index contributed by atoms with van der Waals surface area (Å²) in [6.45, 7) is 0. The highest BCUT2D eigenvalue weighted by Crippen LogP contribution is 2.24. The van der Waals surface area contributed by atoms with Gasteiger partial charge in [0.15, 0.2) is 5.16 Å². The lowest BCUT2D eigenvalue weighted by Crippen LogP contribution is -1.84. The molecule has 0 saturated carbocycles. The molecule has 3 N–H and O–H groups in total. The van der Waals surface area contributed by atoms with Gasteiger partial charge in [-0.15, -0.1) is 0 Å². The third kappa shape index (κ3) is 2.72. The molecule has 0 spiro atoms. The second kappa shape index (κ2) is 5.46. The number of nitrogens with one attached hydrogen (secondary N) is 1. The quantitative estimate of drug-likeness (QED) is 0.569. The Labute approximate surface area is 121 Å². The van der Waals surface area contributed by atoms with Crippen LogP contribution in [-0.2, 0) is 5.75 Å². The minimum absolute atomic E-state index is 0.743. The van der Waals surface area contributed by atoms with Crippen molar-refractivity contribution in [3.05, 3.63) is 48.0 Å². The minimum Gasteiger partial charge on any atom is -0.497 e. The van der Waals surface area contributed by atoms with Gasteiger partial charge in [0.2, 0.25) is 0 Å². The zero-order chi connectivity index (χ0) is 13.9. The molecule has 0 saturated heterocycles. The Balaban J connectivity index is 1.72. The molecule has 1 heterocycles. The number of anilines is 1. The smallest absolute Gasteiger partial charge is 0.166 e. The van der Waals surface area contributed by atoms with Gasteiger partial charge in [-0.2, -0.15) is 0 Å². The van der Waals surface area contributed by atoms with Crippen molar-refractivity contribution in [3.8, 4) is 5.75 Å². The maximum absolute atomic E-state index is 5.76. The molecule has 4 nitrogen and oxygen atoms in total. The fraction of sp³-hybridized carbons (Fsp3) is 0.133. The summed E-state index contributed by atoms with van der Waals surface area (Å²) in [6.07, 6.45) is 0. The standard InChI is InChI=1S/C15H15N3OS/c1-19-12-5-2-10(3-6-12)9-20-15-17-13-7-4-11(16)8-14(13)18-15/h2-8H,9,16H2,1H3,(H,17,18). The van der Waals surface area contributed by atoms with Crippen LogP contribution in [0.5, 0.6) is 5.75 Å². The predicted molar refractivity (Wildman–Crippen MR) is 83.1 cm³/mol. The fourth-order valence-corrected chi connectivity index (χ4v) is 2.79. The van der Waals surface area contributed by atoms with Gasteiger partial charge >= 0.3 is 0 Å². The molecule has 0 aliphatic rings. The number of fused-ring (bicyclic) bond motifs is 1. The summed E-state index contributed by atoms with van der Waals surface area (Å²) < 4.78 is 5.15. The monoisotopic (exact) mass is 285 g/mol. The number of benzene rings is 2. The molecule has 0 radical (unpaired) electrons. The molecule has 0 bridgehead atoms. The lowest BCUT2D eigenvalue weighted by atomic mass is 10.2. The van der Waals surface area contributed by atoms with Crippen LogP contribution in [-0.4, -0.2) is 17.1 Å². The zero-order valence-electron chi connectivity index (χ0n) is 11.1. The number of hydrogen-bond donors (Lipinski definition) is 2. The van der Waals surface area contributed by atoms with E-state index in [2.05, 4.69) is 22.1 Å². The number of aromatic amines is 1. The van der Waals surface area contributed by atoms with Crippen LogP contribution in [0.1, 0.15) is 5.56 Å². The molecule has 1 aromatic heterocycles. The molecule has 20 heavy (non-hydrogen) atoms. The molecular weight excluding hydrogens is 270 g/mol. The normalized spacial score (nSPS) is 10.8. The Bertz CT molecular complexity index is 722. The first-order chi connectivity index (χ1) is 9.74. The van der Waals surface area contributed by atoms with Gasteiger partial charge in [0.1, 0.15) is 5.75 Å². The summed E-state index contributed by atoms with van der Waals surface area (Å²) >= 11 is 1.67. The van der Waals surface area contributed by atoms with E-state index in [1.807, 2.05) is 30.3 Å². The van der Waals surface area contributed by atoms with Crippen LogP contribution >= 0.6 is 11.8 Å². The maximum atomic E-state index is 5.76. The highest BCUT2D eigenvalue weighted by Gasteiger charge is 2.04. The Kier molecular flexibility index (Phi) is 3.52. The Hall–Kier alpha value is -2.14. The number of nitrogens with two attached hydrogens (primary N) is 1. The average molecular weight is 285 g/mol. The molecule has 5 heteroatoms. The topological polar surface area (TPSA) is 63.9 Å². The van der Waals surface area contributed by atoms with Crippen molar-refractivity contribution < 1.29 is 4.74 Å². The van der Waals surface area contributed by atoms with E-state index in [9.17, 15) is 0 Å². The second-order valence-electron chi connectivity index (χ2n) is 4.46. The Morgan fingerprint density at radius 2 is 2.00 bits per heavy atom. The highest BCUT2D eigenvalue weighted by molar-refractivity contribution is 7.98. The van der Waals surface area contributed by atoms with Crippen LogP contribution in [0.15, 0.2) is 47.6 Å². The highest BCUT2D eigenvalue weighted by atomic mass is 32.2. The number of ether oxygens (including phenoxy) is 1. The molecule has 0 aliphatic heterocycles. The van der Waals surface area contributed by atoms with Gasteiger partial charge in [0, 0.05) is 11.4 Å². The van der Waals surface area contributed by atoms with Crippen LogP contribution in [0.2, 0.25) is 0 Å². The van der Waals surface area contributed by atoms with Crippen LogP contribution in [0.4, 0.5) is 5.69 Å². The molecule has 0 fully saturated rings. The Morgan fingerprint density at radius 1 is 1.20 bits per heavy atom. The van der Waals surface area contributed by atoms with Crippen molar-refractivity contribution in [2.24, 2.45) is 0 Å². The predicted octanol–water partition coefficient (Wildman–Crippen LogP) is 3.45. The Morgan fingerprint density at radius 3 is 2.75 bits per heavy atom. The molecule has 3 aromatic rings. The van der Waals surface area contributed by atoms with Gasteiger partial charge in [0.25, 0.3) is 0 Å². The van der Waals surface area contributed by atoms with E-state index >= 15 is 0 Å². The number of nitrogens with zero attached hydrogens (tertiary/aromatic N) is 1. The van der Waals surface area contributed by atoms with Crippen LogP contribution in [0.3, 0.4) is 0 Å². The van der Waals surface area contributed by atoms with Gasteiger partial charge in [0.05, 0.1) is 18.1 Å². The number of H-pyrrole nitrogens is 1. The minimum atomic E-state index is 0.743. The number of thioether (sulfide) groups is 1. The van der Waals surface area contributed by atoms with E-state index in [1.54, 1.807) is 18.9 Å². The molecule has 102 valence electrons. The van der Waals surface area contributed by atoms with Gasteiger partial charge in [-0.1, -0.05) is 23.9 Å². The van der Waals surface area contributed by atoms with Crippen molar-refractivity contribution in [2.45, 2.75) is 10.9 Å². The van der Waals surface area contributed by atoms with Crippen molar-refractivity contribution >= 4 is 28.5 Å². The molecule has 2 aromatic carbocycles. The molecule has 0 atom stereocenters. The molecule has 3 rings (SSSR count). The van der Waals surface area contributed by atoms with E-state index < -0.39 is 0 Å². The SMILES string of the molecule is COc1ccc(CSc2nc3ccc(N)cc3[nH]2)cc1.